The van der Waals surface area contributed by atoms with Crippen LogP contribution < -0.4 is 20.7 Å². The molecule has 0 atom stereocenters. The first kappa shape index (κ1) is 21.9. The van der Waals surface area contributed by atoms with Crippen molar-refractivity contribution in [2.45, 2.75) is 26.8 Å². The lowest BCUT2D eigenvalue weighted by atomic mass is 9.96. The molecule has 0 aliphatic rings. The first-order valence-corrected chi connectivity index (χ1v) is 10.7. The molecule has 1 heterocycles. The zero-order valence-corrected chi connectivity index (χ0v) is 18.4. The second-order valence-electron chi connectivity index (χ2n) is 7.59. The number of nitrogens with zero attached hydrogens (tertiary/aromatic N) is 2. The Bertz CT molecular complexity index is 1480. The number of aromatic nitrogens is 2. The zero-order valence-electron chi connectivity index (χ0n) is 18.4. The maximum atomic E-state index is 11.8. The van der Waals surface area contributed by atoms with E-state index in [-0.39, 0.29) is 13.2 Å². The fourth-order valence-electron chi connectivity index (χ4n) is 3.73. The van der Waals surface area contributed by atoms with E-state index in [2.05, 4.69) is 18.0 Å². The Morgan fingerprint density at radius 3 is 2.52 bits per heavy atom. The van der Waals surface area contributed by atoms with Crippen LogP contribution in [0.5, 0.6) is 17.2 Å². The Balaban J connectivity index is 1.61. The fourth-order valence-corrected chi connectivity index (χ4v) is 3.73. The molecule has 0 aliphatic heterocycles. The number of hydrogen-bond acceptors (Lipinski definition) is 5. The molecule has 166 valence electrons. The molecule has 0 saturated heterocycles. The molecule has 33 heavy (non-hydrogen) atoms. The van der Waals surface area contributed by atoms with Gasteiger partial charge >= 0.3 is 5.69 Å². The lowest BCUT2D eigenvalue weighted by Gasteiger charge is -2.17. The van der Waals surface area contributed by atoms with Gasteiger partial charge in [-0.15, -0.1) is 0 Å². The maximum Gasteiger partial charge on any atom is 0.328 e. The Kier molecular flexibility index (Phi) is 6.27. The number of ether oxygens (including phenoxy) is 2. The fraction of sp³-hybridized carbons (Fsp3) is 0.192. The van der Waals surface area contributed by atoms with Gasteiger partial charge in [0.1, 0.15) is 12.4 Å². The highest BCUT2D eigenvalue weighted by Crippen LogP contribution is 2.37. The molecule has 1 N–H and O–H groups in total. The van der Waals surface area contributed by atoms with E-state index in [1.54, 1.807) is 6.07 Å². The molecule has 0 unspecified atom stereocenters. The van der Waals surface area contributed by atoms with E-state index in [0.29, 0.717) is 22.8 Å². The van der Waals surface area contributed by atoms with Gasteiger partial charge in [-0.3, -0.25) is 14.3 Å². The van der Waals surface area contributed by atoms with Gasteiger partial charge in [0.2, 0.25) is 0 Å². The van der Waals surface area contributed by atoms with Crippen molar-refractivity contribution in [2.75, 3.05) is 6.61 Å². The molecule has 3 aromatic carbocycles. The van der Waals surface area contributed by atoms with E-state index >= 15 is 0 Å². The van der Waals surface area contributed by atoms with Crippen molar-refractivity contribution >= 4 is 10.8 Å². The molecule has 0 radical (unpaired) electrons. The lowest BCUT2D eigenvalue weighted by Crippen LogP contribution is -2.30. The molecule has 0 amide bonds. The summed E-state index contributed by atoms with van der Waals surface area (Å²) in [7, 11) is 0. The van der Waals surface area contributed by atoms with Crippen LogP contribution in [0.1, 0.15) is 23.6 Å². The average Bonchev–Trinajstić information content (AvgIpc) is 2.83. The number of benzene rings is 3. The highest BCUT2D eigenvalue weighted by molar-refractivity contribution is 5.91. The van der Waals surface area contributed by atoms with Gasteiger partial charge in [0.15, 0.2) is 11.5 Å². The highest BCUT2D eigenvalue weighted by Gasteiger charge is 2.13. The van der Waals surface area contributed by atoms with Gasteiger partial charge in [0, 0.05) is 12.3 Å². The molecular formula is C26H23N3O4. The van der Waals surface area contributed by atoms with E-state index in [0.717, 1.165) is 28.3 Å². The van der Waals surface area contributed by atoms with Crippen LogP contribution in [0.25, 0.3) is 10.8 Å². The predicted octanol–water partition coefficient (Wildman–Crippen LogP) is 4.30. The molecule has 7 nitrogen and oxygen atoms in total. The molecule has 1 aromatic heterocycles. The van der Waals surface area contributed by atoms with Crippen molar-refractivity contribution in [3.05, 3.63) is 98.3 Å². The number of hydrogen-bond donors (Lipinski definition) is 1. The lowest BCUT2D eigenvalue weighted by molar-refractivity contribution is 0.283. The number of nitrogens with one attached hydrogen (secondary N) is 1. The Morgan fingerprint density at radius 1 is 1.00 bits per heavy atom. The van der Waals surface area contributed by atoms with E-state index < -0.39 is 11.2 Å². The predicted molar refractivity (Wildman–Crippen MR) is 126 cm³/mol. The minimum Gasteiger partial charge on any atom is -0.488 e. The summed E-state index contributed by atoms with van der Waals surface area (Å²) in [4.78, 5) is 25.3. The van der Waals surface area contributed by atoms with Crippen LogP contribution in [-0.2, 0) is 13.0 Å². The van der Waals surface area contributed by atoms with Crippen molar-refractivity contribution in [1.82, 2.24) is 9.55 Å². The van der Waals surface area contributed by atoms with Crippen LogP contribution in [0.15, 0.2) is 70.4 Å². The standard InChI is InChI=1S/C26H23N3O4/c1-3-19-15-24(17(2)21-14-18(16-27)8-9-20(19)21)33-23-7-5-4-6-22(23)32-13-12-29-11-10-25(30)28-26(29)31/h4-11,14-15H,3,12-13H2,1-2H3,(H,28,30,31). The molecule has 0 fully saturated rings. The summed E-state index contributed by atoms with van der Waals surface area (Å²) in [6, 6.07) is 18.6. The number of para-hydroxylation sites is 2. The molecule has 0 spiro atoms. The van der Waals surface area contributed by atoms with Crippen LogP contribution in [0.2, 0.25) is 0 Å². The number of fused-ring (bicyclic) bond motifs is 1. The van der Waals surface area contributed by atoms with Crippen molar-refractivity contribution < 1.29 is 9.47 Å². The summed E-state index contributed by atoms with van der Waals surface area (Å²) >= 11 is 0. The van der Waals surface area contributed by atoms with Crippen molar-refractivity contribution in [3.8, 4) is 23.3 Å². The van der Waals surface area contributed by atoms with Crippen LogP contribution in [-0.4, -0.2) is 16.2 Å². The summed E-state index contributed by atoms with van der Waals surface area (Å²) in [6.45, 7) is 4.55. The highest BCUT2D eigenvalue weighted by atomic mass is 16.5. The maximum absolute atomic E-state index is 11.8. The third kappa shape index (κ3) is 4.65. The number of nitriles is 1. The number of aromatic amines is 1. The average molecular weight is 441 g/mol. The minimum absolute atomic E-state index is 0.217. The van der Waals surface area contributed by atoms with Crippen molar-refractivity contribution in [3.63, 3.8) is 0 Å². The van der Waals surface area contributed by atoms with E-state index in [1.165, 1.54) is 16.8 Å². The minimum atomic E-state index is -0.480. The topological polar surface area (TPSA) is 97.1 Å². The Labute approximate surface area is 190 Å². The van der Waals surface area contributed by atoms with Gasteiger partial charge in [-0.25, -0.2) is 4.79 Å². The molecule has 0 saturated carbocycles. The van der Waals surface area contributed by atoms with E-state index in [9.17, 15) is 14.9 Å². The molecule has 7 heteroatoms. The summed E-state index contributed by atoms with van der Waals surface area (Å²) in [5.74, 6) is 1.79. The molecule has 0 bridgehead atoms. The normalized spacial score (nSPS) is 10.7. The monoisotopic (exact) mass is 441 g/mol. The van der Waals surface area contributed by atoms with Gasteiger partial charge in [-0.1, -0.05) is 25.1 Å². The first-order chi connectivity index (χ1) is 16.0. The van der Waals surface area contributed by atoms with E-state index in [1.807, 2.05) is 49.4 Å². The van der Waals surface area contributed by atoms with Crippen LogP contribution in [0.3, 0.4) is 0 Å². The zero-order chi connectivity index (χ0) is 23.4. The first-order valence-electron chi connectivity index (χ1n) is 10.7. The Hall–Kier alpha value is -4.31. The third-order valence-corrected chi connectivity index (χ3v) is 5.51. The van der Waals surface area contributed by atoms with Crippen LogP contribution in [0.4, 0.5) is 0 Å². The van der Waals surface area contributed by atoms with Gasteiger partial charge in [-0.2, -0.15) is 5.26 Å². The number of rotatable bonds is 7. The smallest absolute Gasteiger partial charge is 0.328 e. The van der Waals surface area contributed by atoms with Gasteiger partial charge in [0.05, 0.1) is 18.2 Å². The van der Waals surface area contributed by atoms with Crippen molar-refractivity contribution in [2.24, 2.45) is 0 Å². The SMILES string of the molecule is CCc1cc(Oc2ccccc2OCCn2ccc(=O)[nH]c2=O)c(C)c2cc(C#N)ccc12. The van der Waals surface area contributed by atoms with Gasteiger partial charge in [0.25, 0.3) is 5.56 Å². The molecule has 4 aromatic rings. The van der Waals surface area contributed by atoms with Crippen molar-refractivity contribution in [1.29, 1.82) is 5.26 Å². The van der Waals surface area contributed by atoms with Crippen LogP contribution >= 0.6 is 0 Å². The number of H-pyrrole nitrogens is 1. The molecular weight excluding hydrogens is 418 g/mol. The largest absolute Gasteiger partial charge is 0.488 e. The molecule has 0 aliphatic carbocycles. The molecule has 4 rings (SSSR count). The second kappa shape index (κ2) is 9.45. The van der Waals surface area contributed by atoms with E-state index in [4.69, 9.17) is 9.47 Å². The summed E-state index contributed by atoms with van der Waals surface area (Å²) < 4.78 is 13.6. The summed E-state index contributed by atoms with van der Waals surface area (Å²) in [5, 5.41) is 11.4. The quantitative estimate of drug-likeness (QED) is 0.461. The number of aryl methyl sites for hydroxylation is 2. The summed E-state index contributed by atoms with van der Waals surface area (Å²) in [6.07, 6.45) is 2.26. The van der Waals surface area contributed by atoms with Crippen LogP contribution in [0, 0.1) is 18.3 Å². The second-order valence-corrected chi connectivity index (χ2v) is 7.59. The third-order valence-electron chi connectivity index (χ3n) is 5.51. The summed E-state index contributed by atoms with van der Waals surface area (Å²) in [5.41, 5.74) is 1.76. The van der Waals surface area contributed by atoms with Gasteiger partial charge < -0.3 is 9.47 Å². The van der Waals surface area contributed by atoms with Gasteiger partial charge in [-0.05, 0) is 65.6 Å². The Morgan fingerprint density at radius 2 is 1.79 bits per heavy atom.